The third-order valence-electron chi connectivity index (χ3n) is 0. The normalized spacial score (nSPS) is 1.50. The summed E-state index contributed by atoms with van der Waals surface area (Å²) in [5.41, 5.74) is 0. The van der Waals surface area contributed by atoms with Crippen LogP contribution < -0.4 is 0 Å². The number of rotatable bonds is 0. The van der Waals surface area contributed by atoms with Crippen molar-refractivity contribution in [2.75, 3.05) is 0 Å². The van der Waals surface area contributed by atoms with Crippen LogP contribution in [0, 0.1) is 0 Å². The fourth-order valence-electron chi connectivity index (χ4n) is 0. The maximum absolute atomic E-state index is 4.67. The molecule has 2 N–H and O–H groups in total. The first-order valence-electron chi connectivity index (χ1n) is 0.267. The molecule has 0 saturated heterocycles. The maximum Gasteiger partial charge on any atom is 1.59 e. The average Bonchev–Trinajstić information content (AvgIpc) is 1.00. The summed E-state index contributed by atoms with van der Waals surface area (Å²) in [6.45, 7) is 0. The van der Waals surface area contributed by atoms with E-state index in [4.69, 9.17) is 0 Å². The predicted octanol–water partition coefficient (Wildman–Crippen LogP) is -0.897. The summed E-state index contributed by atoms with van der Waals surface area (Å²) in [5, 5.41) is 0. The molecule has 10 radical (unpaired) electrons. The Hall–Kier alpha value is 1.55. The topological polar surface area (TPSA) is 31.5 Å². The van der Waals surface area contributed by atoms with Gasteiger partial charge in [-0.1, -0.05) is 0 Å². The Labute approximate surface area is 52.4 Å². The Balaban J connectivity index is -0.00000000500. The highest BCUT2D eigenvalue weighted by Crippen LogP contribution is 1.29. The lowest BCUT2D eigenvalue weighted by Gasteiger charge is -0.412. The second kappa shape index (κ2) is 23.9. The van der Waals surface area contributed by atoms with Gasteiger partial charge in [0, 0.05) is 17.4 Å². The van der Waals surface area contributed by atoms with E-state index < -0.39 is 0 Å². The first-order chi connectivity index (χ1) is 1.00. The van der Waals surface area contributed by atoms with Crippen molar-refractivity contribution in [3.05, 3.63) is 0 Å². The highest BCUT2D eigenvalue weighted by Gasteiger charge is 2.16. The molecule has 0 fully saturated rings. The standard InChI is InChI=1S/Al.ClH.Mg.H2O/h;1H;;1H2/q;;+3;/p-1. The van der Waals surface area contributed by atoms with E-state index >= 15 is 0 Å². The predicted molar refractivity (Wildman–Crippen MR) is 21.0 cm³/mol. The summed E-state index contributed by atoms with van der Waals surface area (Å²) >= 11 is 1.33. The monoisotopic (exact) mass is 104 g/mol. The van der Waals surface area contributed by atoms with Gasteiger partial charge in [-0.25, -0.2) is 0 Å². The summed E-state index contributed by atoms with van der Waals surface area (Å²) in [6, 6.07) is 0. The van der Waals surface area contributed by atoms with Crippen molar-refractivity contribution in [1.29, 1.82) is 0 Å². The van der Waals surface area contributed by atoms with Crippen LogP contribution >= 0.6 is 9.07 Å². The Morgan fingerprint density at radius 3 is 1.25 bits per heavy atom. The van der Waals surface area contributed by atoms with Gasteiger partial charge in [0.15, 0.2) is 0 Å². The zero-order chi connectivity index (χ0) is 2.00. The van der Waals surface area contributed by atoms with Crippen LogP contribution in [0.4, 0.5) is 0 Å². The fraction of sp³-hybridized carbons (Fsp3) is 0. The molecule has 0 aliphatic heterocycles. The second-order valence-corrected chi connectivity index (χ2v) is 0. The van der Waals surface area contributed by atoms with E-state index in [1.54, 1.807) is 0 Å². The molecule has 4 heteroatoms. The van der Waals surface area contributed by atoms with Gasteiger partial charge in [0.1, 0.15) is 0 Å². The molecule has 0 spiro atoms. The van der Waals surface area contributed by atoms with Crippen molar-refractivity contribution >= 4 is 47.0 Å². The van der Waals surface area contributed by atoms with Crippen molar-refractivity contribution in [2.45, 2.75) is 0 Å². The lowest BCUT2D eigenvalue weighted by molar-refractivity contribution is 0.824. The van der Waals surface area contributed by atoms with Gasteiger partial charge in [0.2, 0.25) is 0 Å². The minimum absolute atomic E-state index is 0. The minimum atomic E-state index is 0. The van der Waals surface area contributed by atoms with Crippen molar-refractivity contribution in [3.63, 3.8) is 0 Å². The zero-order valence-electron chi connectivity index (χ0n) is 2.16. The van der Waals surface area contributed by atoms with Crippen LogP contribution in [0.15, 0.2) is 0 Å². The molecule has 0 aliphatic carbocycles. The SMILES string of the molecule is O.[Al].[Mg+2][Cl]. The summed E-state index contributed by atoms with van der Waals surface area (Å²) in [7, 11) is 4.67. The number of halogens is 1. The molecular weight excluding hydrogens is 103 g/mol. The van der Waals surface area contributed by atoms with E-state index in [1.807, 2.05) is 0 Å². The molecule has 0 aromatic carbocycles. The van der Waals surface area contributed by atoms with E-state index in [-0.39, 0.29) is 22.8 Å². The molecule has 0 atom stereocenters. The molecule has 1 nitrogen and oxygen atoms in total. The Kier molecular flexibility index (Phi) is 106. The van der Waals surface area contributed by atoms with Crippen molar-refractivity contribution in [2.24, 2.45) is 0 Å². The van der Waals surface area contributed by atoms with Crippen molar-refractivity contribution in [3.8, 4) is 0 Å². The van der Waals surface area contributed by atoms with E-state index in [0.717, 1.165) is 0 Å². The fourth-order valence-corrected chi connectivity index (χ4v) is 0. The third-order valence-corrected chi connectivity index (χ3v) is 0. The van der Waals surface area contributed by atoms with Gasteiger partial charge in [0.05, 0.1) is 0 Å². The van der Waals surface area contributed by atoms with Crippen LogP contribution in [0.2, 0.25) is 0 Å². The summed E-state index contributed by atoms with van der Waals surface area (Å²) in [5.74, 6) is 0. The quantitative estimate of drug-likeness (QED) is 0.357. The lowest BCUT2D eigenvalue weighted by atomic mass is 16.0. The first-order valence-corrected chi connectivity index (χ1v) is 2.41. The van der Waals surface area contributed by atoms with E-state index in [2.05, 4.69) is 9.07 Å². The van der Waals surface area contributed by atoms with E-state index in [9.17, 15) is 0 Å². The highest BCUT2D eigenvalue weighted by molar-refractivity contribution is 6.80. The molecule has 0 aromatic heterocycles. The minimum Gasteiger partial charge on any atom is -0.412 e. The largest absolute Gasteiger partial charge is 1.59 e. The van der Waals surface area contributed by atoms with Crippen LogP contribution in [0.5, 0.6) is 0 Å². The molecule has 0 aliphatic rings. The molecule has 0 saturated carbocycles. The van der Waals surface area contributed by atoms with E-state index in [0.29, 0.717) is 0 Å². The molecule has 0 bridgehead atoms. The molecule has 0 rings (SSSR count). The smallest absolute Gasteiger partial charge is 0.412 e. The summed E-state index contributed by atoms with van der Waals surface area (Å²) in [6.07, 6.45) is 0. The van der Waals surface area contributed by atoms with Gasteiger partial charge in [-0.05, 0) is 0 Å². The molecular formula is H2AlClMgO+2. The van der Waals surface area contributed by atoms with Gasteiger partial charge < -0.3 is 5.48 Å². The lowest BCUT2D eigenvalue weighted by Crippen LogP contribution is -0.980. The Morgan fingerprint density at radius 2 is 1.25 bits per heavy atom. The molecule has 0 unspecified atom stereocenters. The summed E-state index contributed by atoms with van der Waals surface area (Å²) in [4.78, 5) is 0. The van der Waals surface area contributed by atoms with Gasteiger partial charge in [-0.2, -0.15) is 0 Å². The Morgan fingerprint density at radius 1 is 1.25 bits per heavy atom. The maximum atomic E-state index is 4.67. The van der Waals surface area contributed by atoms with Crippen LogP contribution in [0.25, 0.3) is 0 Å². The number of hydrogen-bond acceptors (Lipinski definition) is 0. The molecule has 4 heavy (non-hydrogen) atoms. The van der Waals surface area contributed by atoms with Crippen LogP contribution in [0.1, 0.15) is 0 Å². The van der Waals surface area contributed by atoms with Gasteiger partial charge in [0.25, 0.3) is 0 Å². The van der Waals surface area contributed by atoms with Crippen LogP contribution in [-0.4, -0.2) is 43.4 Å². The third kappa shape index (κ3) is 9.61. The Bertz CT molecular complexity index is 8.00. The van der Waals surface area contributed by atoms with Crippen LogP contribution in [-0.2, 0) is 0 Å². The summed E-state index contributed by atoms with van der Waals surface area (Å²) < 4.78 is 0. The number of hydrogen-bond donors (Lipinski definition) is 0. The highest BCUT2D eigenvalue weighted by atomic mass is 35.5. The second-order valence-electron chi connectivity index (χ2n) is 0. The van der Waals surface area contributed by atoms with Crippen LogP contribution in [0.3, 0.4) is 0 Å². The van der Waals surface area contributed by atoms with Gasteiger partial charge in [-0.3, -0.25) is 0 Å². The molecule has 0 heterocycles. The molecule has 18 valence electrons. The van der Waals surface area contributed by atoms with Crippen molar-refractivity contribution in [1.82, 2.24) is 0 Å². The van der Waals surface area contributed by atoms with E-state index in [1.165, 1.54) is 20.6 Å². The molecule has 0 aromatic rings. The molecule has 0 amide bonds. The average molecular weight is 105 g/mol. The van der Waals surface area contributed by atoms with Gasteiger partial charge >= 0.3 is 29.7 Å². The first kappa shape index (κ1) is 17.7. The zero-order valence-corrected chi connectivity index (χ0v) is 5.49. The van der Waals surface area contributed by atoms with Crippen molar-refractivity contribution < 1.29 is 5.48 Å². The van der Waals surface area contributed by atoms with Gasteiger partial charge in [-0.15, -0.1) is 0 Å².